The number of imidazole rings is 1. The van der Waals surface area contributed by atoms with E-state index in [1.54, 1.807) is 30.6 Å². The van der Waals surface area contributed by atoms with E-state index in [-0.39, 0.29) is 11.6 Å². The summed E-state index contributed by atoms with van der Waals surface area (Å²) in [6.07, 6.45) is 5.69. The highest BCUT2D eigenvalue weighted by molar-refractivity contribution is 5.89. The SMILES string of the molecule is NC1CCC(Nc2nc(Nc3ccc(C(=O)O)cc3)c3[nH]c[nH+]c3n2)CC1. The predicted octanol–water partition coefficient (Wildman–Crippen LogP) is 1.90. The molecule has 0 bridgehead atoms. The van der Waals surface area contributed by atoms with Crippen molar-refractivity contribution in [2.75, 3.05) is 10.6 Å². The van der Waals surface area contributed by atoms with Gasteiger partial charge in [-0.25, -0.2) is 9.78 Å². The van der Waals surface area contributed by atoms with Crippen LogP contribution in [0.2, 0.25) is 0 Å². The van der Waals surface area contributed by atoms with E-state index in [1.165, 1.54) is 0 Å². The van der Waals surface area contributed by atoms with Gasteiger partial charge in [-0.3, -0.25) is 4.98 Å². The standard InChI is InChI=1S/C18H21N7O2/c19-11-3-7-13(8-4-11)23-18-24-15-14(20-9-21-15)16(25-18)22-12-5-1-10(2-6-12)17(26)27/h1-2,5-6,9,11,13H,3-4,7-8,19H2,(H,26,27)(H3,20,21,22,23,24,25)/p+1. The van der Waals surface area contributed by atoms with Crippen molar-refractivity contribution in [3.8, 4) is 0 Å². The van der Waals surface area contributed by atoms with Gasteiger partial charge < -0.3 is 21.5 Å². The van der Waals surface area contributed by atoms with E-state index in [0.29, 0.717) is 23.5 Å². The highest BCUT2D eigenvalue weighted by atomic mass is 16.4. The smallest absolute Gasteiger partial charge is 0.335 e. The number of aromatic nitrogens is 4. The third-order valence-electron chi connectivity index (χ3n) is 4.83. The van der Waals surface area contributed by atoms with E-state index in [9.17, 15) is 4.79 Å². The maximum atomic E-state index is 11.0. The monoisotopic (exact) mass is 368 g/mol. The molecule has 9 heteroatoms. The number of aromatic amines is 2. The molecule has 2 aromatic heterocycles. The average molecular weight is 368 g/mol. The third-order valence-corrected chi connectivity index (χ3v) is 4.83. The maximum absolute atomic E-state index is 11.0. The summed E-state index contributed by atoms with van der Waals surface area (Å²) in [5.74, 6) is 0.200. The molecule has 1 aromatic carbocycles. The fraction of sp³-hybridized carbons (Fsp3) is 0.333. The molecule has 0 unspecified atom stereocenters. The Labute approximate surface area is 155 Å². The zero-order valence-electron chi connectivity index (χ0n) is 14.7. The topological polar surface area (TPSA) is 143 Å². The number of hydrogen-bond donors (Lipinski definition) is 5. The summed E-state index contributed by atoms with van der Waals surface area (Å²) in [6.45, 7) is 0. The lowest BCUT2D eigenvalue weighted by molar-refractivity contribution is -0.347. The quantitative estimate of drug-likeness (QED) is 0.463. The first-order chi connectivity index (χ1) is 13.1. The van der Waals surface area contributed by atoms with Gasteiger partial charge >= 0.3 is 17.6 Å². The number of aromatic carboxylic acids is 1. The Morgan fingerprint density at radius 2 is 1.93 bits per heavy atom. The Balaban J connectivity index is 1.57. The van der Waals surface area contributed by atoms with Crippen molar-refractivity contribution < 1.29 is 14.9 Å². The number of H-pyrrole nitrogens is 2. The molecule has 1 fully saturated rings. The summed E-state index contributed by atoms with van der Waals surface area (Å²) < 4.78 is 0. The van der Waals surface area contributed by atoms with Crippen molar-refractivity contribution in [1.82, 2.24) is 15.0 Å². The number of carbonyl (C=O) groups is 1. The number of rotatable bonds is 5. The van der Waals surface area contributed by atoms with Crippen molar-refractivity contribution in [1.29, 1.82) is 0 Å². The first kappa shape index (κ1) is 17.2. The van der Waals surface area contributed by atoms with Gasteiger partial charge in [0.2, 0.25) is 5.52 Å². The van der Waals surface area contributed by atoms with Gasteiger partial charge in [-0.1, -0.05) is 4.98 Å². The molecular weight excluding hydrogens is 346 g/mol. The average Bonchev–Trinajstić information content (AvgIpc) is 3.13. The Morgan fingerprint density at radius 3 is 2.63 bits per heavy atom. The minimum absolute atomic E-state index is 0.236. The third kappa shape index (κ3) is 3.82. The van der Waals surface area contributed by atoms with Crippen LogP contribution in [0.5, 0.6) is 0 Å². The second-order valence-electron chi connectivity index (χ2n) is 6.82. The van der Waals surface area contributed by atoms with Gasteiger partial charge in [0, 0.05) is 17.8 Å². The first-order valence-electron chi connectivity index (χ1n) is 8.98. The van der Waals surface area contributed by atoms with Crippen LogP contribution in [0.25, 0.3) is 11.2 Å². The maximum Gasteiger partial charge on any atom is 0.335 e. The van der Waals surface area contributed by atoms with Crippen LogP contribution in [0, 0.1) is 0 Å². The number of carboxylic acid groups (broad SMARTS) is 1. The first-order valence-corrected chi connectivity index (χ1v) is 8.98. The van der Waals surface area contributed by atoms with Gasteiger partial charge in [0.05, 0.1) is 5.56 Å². The van der Waals surface area contributed by atoms with Gasteiger partial charge in [-0.2, -0.15) is 4.98 Å². The summed E-state index contributed by atoms with van der Waals surface area (Å²) >= 11 is 0. The molecule has 140 valence electrons. The zero-order chi connectivity index (χ0) is 18.8. The van der Waals surface area contributed by atoms with E-state index >= 15 is 0 Å². The highest BCUT2D eigenvalue weighted by Gasteiger charge is 2.22. The molecule has 27 heavy (non-hydrogen) atoms. The molecule has 0 radical (unpaired) electrons. The van der Waals surface area contributed by atoms with Crippen LogP contribution in [0.4, 0.5) is 17.5 Å². The van der Waals surface area contributed by atoms with Crippen LogP contribution in [0.3, 0.4) is 0 Å². The fourth-order valence-corrected chi connectivity index (χ4v) is 3.31. The van der Waals surface area contributed by atoms with Crippen LogP contribution in [0.15, 0.2) is 30.6 Å². The molecule has 0 amide bonds. The number of nitrogens with one attached hydrogen (secondary N) is 4. The normalized spacial score (nSPS) is 19.7. The van der Waals surface area contributed by atoms with Crippen LogP contribution in [-0.2, 0) is 0 Å². The van der Waals surface area contributed by atoms with Gasteiger partial charge in [-0.05, 0) is 49.9 Å². The fourth-order valence-electron chi connectivity index (χ4n) is 3.31. The lowest BCUT2D eigenvalue weighted by atomic mass is 9.92. The van der Waals surface area contributed by atoms with E-state index in [4.69, 9.17) is 10.8 Å². The minimum atomic E-state index is -0.955. The number of carboxylic acids is 1. The lowest BCUT2D eigenvalue weighted by Crippen LogP contribution is -2.33. The number of nitrogens with zero attached hydrogens (tertiary/aromatic N) is 2. The molecule has 9 nitrogen and oxygen atoms in total. The van der Waals surface area contributed by atoms with Gasteiger partial charge in [0.15, 0.2) is 12.1 Å². The molecule has 1 aliphatic carbocycles. The summed E-state index contributed by atoms with van der Waals surface area (Å²) in [5.41, 5.74) is 8.38. The van der Waals surface area contributed by atoms with Crippen LogP contribution >= 0.6 is 0 Å². The second-order valence-corrected chi connectivity index (χ2v) is 6.82. The Bertz CT molecular complexity index is 946. The molecule has 0 aliphatic heterocycles. The number of fused-ring (bicyclic) bond motifs is 1. The Hall–Kier alpha value is -3.20. The molecule has 0 atom stereocenters. The summed E-state index contributed by atoms with van der Waals surface area (Å²) in [7, 11) is 0. The molecule has 1 saturated carbocycles. The molecule has 3 aromatic rings. The Morgan fingerprint density at radius 1 is 1.19 bits per heavy atom. The Kier molecular flexibility index (Phi) is 4.59. The molecule has 2 heterocycles. The zero-order valence-corrected chi connectivity index (χ0v) is 14.7. The van der Waals surface area contributed by atoms with Gasteiger partial charge in [-0.15, -0.1) is 0 Å². The minimum Gasteiger partial charge on any atom is -0.478 e. The number of anilines is 3. The van der Waals surface area contributed by atoms with Crippen molar-refractivity contribution in [3.05, 3.63) is 36.2 Å². The second kappa shape index (κ2) is 7.20. The van der Waals surface area contributed by atoms with Crippen molar-refractivity contribution in [2.24, 2.45) is 5.73 Å². The van der Waals surface area contributed by atoms with E-state index < -0.39 is 5.97 Å². The largest absolute Gasteiger partial charge is 0.478 e. The number of benzene rings is 1. The van der Waals surface area contributed by atoms with Gasteiger partial charge in [0.1, 0.15) is 0 Å². The van der Waals surface area contributed by atoms with Crippen molar-refractivity contribution >= 4 is 34.6 Å². The van der Waals surface area contributed by atoms with E-state index in [2.05, 4.69) is 30.6 Å². The molecule has 4 rings (SSSR count). The van der Waals surface area contributed by atoms with Crippen LogP contribution in [0.1, 0.15) is 36.0 Å². The van der Waals surface area contributed by atoms with Crippen molar-refractivity contribution in [3.63, 3.8) is 0 Å². The lowest BCUT2D eigenvalue weighted by Gasteiger charge is -2.26. The molecule has 1 aliphatic rings. The summed E-state index contributed by atoms with van der Waals surface area (Å²) in [6, 6.07) is 7.11. The van der Waals surface area contributed by atoms with Crippen LogP contribution < -0.4 is 21.4 Å². The van der Waals surface area contributed by atoms with Crippen molar-refractivity contribution in [2.45, 2.75) is 37.8 Å². The number of nitrogens with two attached hydrogens (primary N) is 1. The summed E-state index contributed by atoms with van der Waals surface area (Å²) in [4.78, 5) is 26.3. The molecule has 0 spiro atoms. The summed E-state index contributed by atoms with van der Waals surface area (Å²) in [5, 5.41) is 15.7. The molecular formula is C18H22N7O2+. The van der Waals surface area contributed by atoms with E-state index in [1.807, 2.05) is 0 Å². The predicted molar refractivity (Wildman–Crippen MR) is 101 cm³/mol. The molecule has 7 N–H and O–H groups in total. The van der Waals surface area contributed by atoms with E-state index in [0.717, 1.165) is 36.9 Å². The number of hydrogen-bond acceptors (Lipinski definition) is 6. The van der Waals surface area contributed by atoms with Crippen LogP contribution in [-0.4, -0.2) is 38.1 Å². The highest BCUT2D eigenvalue weighted by Crippen LogP contribution is 2.24. The van der Waals surface area contributed by atoms with Gasteiger partial charge in [0.25, 0.3) is 0 Å². The molecule has 0 saturated heterocycles.